The molecule has 0 aliphatic rings. The number of halogens is 1. The number of hydrogen-bond acceptors (Lipinski definition) is 3. The highest BCUT2D eigenvalue weighted by atomic mass is 127. The third kappa shape index (κ3) is 4.51. The number of carbonyl (C=O) groups excluding carboxylic acids is 1. The van der Waals surface area contributed by atoms with Crippen LogP contribution >= 0.6 is 33.9 Å². The molecule has 1 amide bonds. The lowest BCUT2D eigenvalue weighted by atomic mass is 9.93. The largest absolute Gasteiger partial charge is 0.338 e. The zero-order chi connectivity index (χ0) is 13.8. The monoisotopic (exact) mass is 380 g/mol. The second-order valence-electron chi connectivity index (χ2n) is 5.23. The van der Waals surface area contributed by atoms with Gasteiger partial charge in [-0.15, -0.1) is 11.3 Å². The van der Waals surface area contributed by atoms with Crippen molar-refractivity contribution >= 4 is 39.8 Å². The summed E-state index contributed by atoms with van der Waals surface area (Å²) in [7, 11) is 0. The molecule has 0 bridgehead atoms. The number of hydrogen-bond donors (Lipinski definition) is 1. The lowest BCUT2D eigenvalue weighted by Gasteiger charge is -2.31. The van der Waals surface area contributed by atoms with E-state index in [2.05, 4.69) is 43.4 Å². The molecule has 1 aromatic rings. The van der Waals surface area contributed by atoms with Crippen molar-refractivity contribution in [1.29, 1.82) is 0 Å². The van der Waals surface area contributed by atoms with Crippen molar-refractivity contribution < 1.29 is 4.79 Å². The molecule has 18 heavy (non-hydrogen) atoms. The Hall–Kier alpha value is -0.140. The fourth-order valence-corrected chi connectivity index (χ4v) is 3.03. The van der Waals surface area contributed by atoms with Crippen LogP contribution in [-0.2, 0) is 0 Å². The minimum absolute atomic E-state index is 0.0337. The Morgan fingerprint density at radius 2 is 2.22 bits per heavy atom. The summed E-state index contributed by atoms with van der Waals surface area (Å²) in [6, 6.07) is 1.95. The normalized spacial score (nSPS) is 11.6. The van der Waals surface area contributed by atoms with Crippen molar-refractivity contribution in [3.8, 4) is 0 Å². The Balaban J connectivity index is 2.81. The summed E-state index contributed by atoms with van der Waals surface area (Å²) < 4.78 is 1.14. The number of nitrogens with zero attached hydrogens (tertiary/aromatic N) is 1. The summed E-state index contributed by atoms with van der Waals surface area (Å²) in [6.45, 7) is 8.37. The molecule has 0 unspecified atom stereocenters. The zero-order valence-electron chi connectivity index (χ0n) is 11.2. The summed E-state index contributed by atoms with van der Waals surface area (Å²) in [4.78, 5) is 14.4. The first-order valence-corrected chi connectivity index (χ1v) is 8.09. The maximum absolute atomic E-state index is 12.4. The Bertz CT molecular complexity index is 403. The quantitative estimate of drug-likeness (QED) is 0.771. The van der Waals surface area contributed by atoms with E-state index < -0.39 is 0 Å². The molecule has 0 atom stereocenters. The second kappa shape index (κ2) is 6.86. The molecule has 0 aliphatic carbocycles. The molecule has 1 rings (SSSR count). The van der Waals surface area contributed by atoms with Gasteiger partial charge in [0, 0.05) is 18.5 Å². The van der Waals surface area contributed by atoms with E-state index in [9.17, 15) is 4.79 Å². The number of amides is 1. The third-order valence-corrected chi connectivity index (χ3v) is 4.56. The van der Waals surface area contributed by atoms with Crippen LogP contribution in [0.15, 0.2) is 11.4 Å². The number of carbonyl (C=O) groups is 1. The van der Waals surface area contributed by atoms with Gasteiger partial charge in [-0.1, -0.05) is 20.8 Å². The van der Waals surface area contributed by atoms with Crippen LogP contribution in [0.2, 0.25) is 0 Å². The van der Waals surface area contributed by atoms with Gasteiger partial charge in [0.2, 0.25) is 0 Å². The fourth-order valence-electron chi connectivity index (χ4n) is 1.71. The van der Waals surface area contributed by atoms with Crippen molar-refractivity contribution in [3.05, 3.63) is 19.9 Å². The van der Waals surface area contributed by atoms with Gasteiger partial charge >= 0.3 is 0 Å². The van der Waals surface area contributed by atoms with Gasteiger partial charge in [0.1, 0.15) is 0 Å². The summed E-state index contributed by atoms with van der Waals surface area (Å²) in [5.74, 6) is 0.123. The molecule has 3 nitrogen and oxygen atoms in total. The molecule has 0 radical (unpaired) electrons. The Kier molecular flexibility index (Phi) is 6.07. The molecule has 102 valence electrons. The zero-order valence-corrected chi connectivity index (χ0v) is 14.2. The maximum atomic E-state index is 12.4. The molecule has 5 heteroatoms. The van der Waals surface area contributed by atoms with Crippen LogP contribution in [0.1, 0.15) is 37.6 Å². The van der Waals surface area contributed by atoms with Crippen LogP contribution in [0, 0.1) is 8.30 Å². The van der Waals surface area contributed by atoms with E-state index in [1.807, 2.05) is 16.3 Å². The van der Waals surface area contributed by atoms with E-state index in [1.54, 1.807) is 11.3 Å². The molecule has 1 heterocycles. The Morgan fingerprint density at radius 3 is 2.67 bits per heavy atom. The highest BCUT2D eigenvalue weighted by molar-refractivity contribution is 14.1. The van der Waals surface area contributed by atoms with Crippen molar-refractivity contribution in [1.82, 2.24) is 4.90 Å². The van der Waals surface area contributed by atoms with Crippen LogP contribution in [0.3, 0.4) is 0 Å². The van der Waals surface area contributed by atoms with Gasteiger partial charge in [0.15, 0.2) is 0 Å². The summed E-state index contributed by atoms with van der Waals surface area (Å²) in [6.07, 6.45) is 0.966. The van der Waals surface area contributed by atoms with Gasteiger partial charge in [-0.2, -0.15) is 0 Å². The third-order valence-electron chi connectivity index (χ3n) is 2.77. The summed E-state index contributed by atoms with van der Waals surface area (Å²) in [5.41, 5.74) is 6.52. The lowest BCUT2D eigenvalue weighted by Crippen LogP contribution is -2.42. The van der Waals surface area contributed by atoms with Crippen LogP contribution in [0.5, 0.6) is 0 Å². The van der Waals surface area contributed by atoms with Crippen molar-refractivity contribution in [2.24, 2.45) is 11.1 Å². The number of nitrogens with two attached hydrogens (primary N) is 1. The van der Waals surface area contributed by atoms with Gasteiger partial charge in [0.05, 0.1) is 8.45 Å². The van der Waals surface area contributed by atoms with Crippen LogP contribution in [0.4, 0.5) is 0 Å². The minimum atomic E-state index is -0.0337. The van der Waals surface area contributed by atoms with E-state index in [4.69, 9.17) is 5.73 Å². The first kappa shape index (κ1) is 15.9. The van der Waals surface area contributed by atoms with Crippen LogP contribution in [0.25, 0.3) is 0 Å². The molecule has 0 spiro atoms. The minimum Gasteiger partial charge on any atom is -0.338 e. The fraction of sp³-hybridized carbons (Fsp3) is 0.615. The van der Waals surface area contributed by atoms with E-state index in [1.165, 1.54) is 0 Å². The molecular weight excluding hydrogens is 359 g/mol. The average Bonchev–Trinajstić information content (AvgIpc) is 2.74. The van der Waals surface area contributed by atoms with Gasteiger partial charge in [-0.3, -0.25) is 4.79 Å². The van der Waals surface area contributed by atoms with E-state index in [0.717, 1.165) is 21.4 Å². The van der Waals surface area contributed by atoms with Crippen LogP contribution in [-0.4, -0.2) is 30.4 Å². The van der Waals surface area contributed by atoms with Gasteiger partial charge < -0.3 is 10.6 Å². The number of thiophene rings is 1. The topological polar surface area (TPSA) is 46.3 Å². The van der Waals surface area contributed by atoms with Gasteiger partial charge in [-0.05, 0) is 47.0 Å². The Labute approximate surface area is 127 Å². The van der Waals surface area contributed by atoms with Crippen LogP contribution < -0.4 is 5.73 Å². The Morgan fingerprint density at radius 1 is 1.56 bits per heavy atom. The highest BCUT2D eigenvalue weighted by Crippen LogP contribution is 2.21. The number of rotatable bonds is 6. The molecule has 1 aromatic heterocycles. The molecular formula is C13H21IN2OS. The standard InChI is InChI=1S/C13H21IN2OS/c1-4-5-16(9-13(2,3)8-15)12(17)10-6-11(14)18-7-10/h6-7H,4-5,8-9,15H2,1-3H3. The molecule has 0 saturated carbocycles. The van der Waals surface area contributed by atoms with E-state index >= 15 is 0 Å². The van der Waals surface area contributed by atoms with Crippen molar-refractivity contribution in [2.45, 2.75) is 27.2 Å². The molecule has 0 aromatic carbocycles. The van der Waals surface area contributed by atoms with Crippen molar-refractivity contribution in [2.75, 3.05) is 19.6 Å². The molecule has 2 N–H and O–H groups in total. The predicted octanol–water partition coefficient (Wildman–Crippen LogP) is 3.19. The SMILES string of the molecule is CCCN(CC(C)(C)CN)C(=O)c1csc(I)c1. The smallest absolute Gasteiger partial charge is 0.254 e. The summed E-state index contributed by atoms with van der Waals surface area (Å²) in [5, 5.41) is 1.93. The summed E-state index contributed by atoms with van der Waals surface area (Å²) >= 11 is 3.85. The molecule has 0 fully saturated rings. The lowest BCUT2D eigenvalue weighted by molar-refractivity contribution is 0.0690. The molecule has 0 aliphatic heterocycles. The second-order valence-corrected chi connectivity index (χ2v) is 8.04. The van der Waals surface area contributed by atoms with E-state index in [0.29, 0.717) is 13.1 Å². The maximum Gasteiger partial charge on any atom is 0.254 e. The van der Waals surface area contributed by atoms with Gasteiger partial charge in [-0.25, -0.2) is 0 Å². The highest BCUT2D eigenvalue weighted by Gasteiger charge is 2.24. The first-order valence-electron chi connectivity index (χ1n) is 6.13. The predicted molar refractivity (Wildman–Crippen MR) is 86.1 cm³/mol. The molecule has 0 saturated heterocycles. The van der Waals surface area contributed by atoms with Gasteiger partial charge in [0.25, 0.3) is 5.91 Å². The van der Waals surface area contributed by atoms with E-state index in [-0.39, 0.29) is 11.3 Å². The first-order chi connectivity index (χ1) is 8.39. The van der Waals surface area contributed by atoms with Crippen molar-refractivity contribution in [3.63, 3.8) is 0 Å². The average molecular weight is 380 g/mol.